The van der Waals surface area contributed by atoms with Gasteiger partial charge in [-0.05, 0) is 64.3 Å². The minimum absolute atomic E-state index is 0.834. The molecule has 14 heavy (non-hydrogen) atoms. The standard InChI is InChI=1S/C12H26N2/c1-12(2)6-8-13-7-5-11-14-9-3-4-10-14/h12-13H,3-11H2,1-2H3. The Hall–Kier alpha value is -0.0800. The number of hydrogen-bond acceptors (Lipinski definition) is 2. The van der Waals surface area contributed by atoms with Gasteiger partial charge in [0.05, 0.1) is 0 Å². The van der Waals surface area contributed by atoms with E-state index in [1.54, 1.807) is 0 Å². The summed E-state index contributed by atoms with van der Waals surface area (Å²) in [6.45, 7) is 10.9. The minimum Gasteiger partial charge on any atom is -0.317 e. The molecule has 0 atom stereocenters. The molecule has 0 aliphatic carbocycles. The van der Waals surface area contributed by atoms with Crippen molar-refractivity contribution in [2.45, 2.75) is 39.5 Å². The summed E-state index contributed by atoms with van der Waals surface area (Å²) in [4.78, 5) is 2.59. The molecule has 1 aliphatic heterocycles. The summed E-state index contributed by atoms with van der Waals surface area (Å²) >= 11 is 0. The number of nitrogens with zero attached hydrogens (tertiary/aromatic N) is 1. The van der Waals surface area contributed by atoms with Crippen LogP contribution in [0.5, 0.6) is 0 Å². The van der Waals surface area contributed by atoms with Gasteiger partial charge >= 0.3 is 0 Å². The van der Waals surface area contributed by atoms with Gasteiger partial charge in [0, 0.05) is 0 Å². The third-order valence-electron chi connectivity index (χ3n) is 2.93. The Morgan fingerprint density at radius 1 is 1.14 bits per heavy atom. The number of rotatable bonds is 7. The van der Waals surface area contributed by atoms with Crippen molar-refractivity contribution >= 4 is 0 Å². The molecule has 84 valence electrons. The van der Waals surface area contributed by atoms with Crippen molar-refractivity contribution < 1.29 is 0 Å². The van der Waals surface area contributed by atoms with Crippen molar-refractivity contribution in [3.05, 3.63) is 0 Å². The van der Waals surface area contributed by atoms with Crippen LogP contribution in [0.1, 0.15) is 39.5 Å². The van der Waals surface area contributed by atoms with E-state index in [0.717, 1.165) is 5.92 Å². The zero-order valence-electron chi connectivity index (χ0n) is 9.89. The molecule has 0 amide bonds. The SMILES string of the molecule is CC(C)CCNCCCN1CCCC1. The van der Waals surface area contributed by atoms with Crippen LogP contribution < -0.4 is 5.32 Å². The fraction of sp³-hybridized carbons (Fsp3) is 1.00. The molecule has 1 saturated heterocycles. The third-order valence-corrected chi connectivity index (χ3v) is 2.93. The predicted octanol–water partition coefficient (Wildman–Crippen LogP) is 2.11. The Morgan fingerprint density at radius 3 is 2.50 bits per heavy atom. The van der Waals surface area contributed by atoms with Crippen LogP contribution in [0.15, 0.2) is 0 Å². The van der Waals surface area contributed by atoms with E-state index in [1.165, 1.54) is 58.4 Å². The summed E-state index contributed by atoms with van der Waals surface area (Å²) in [5.41, 5.74) is 0. The first-order valence-electron chi connectivity index (χ1n) is 6.22. The molecular weight excluding hydrogens is 172 g/mol. The van der Waals surface area contributed by atoms with Crippen molar-refractivity contribution in [2.75, 3.05) is 32.7 Å². The van der Waals surface area contributed by atoms with Crippen LogP contribution >= 0.6 is 0 Å². The van der Waals surface area contributed by atoms with Gasteiger partial charge in [0.25, 0.3) is 0 Å². The van der Waals surface area contributed by atoms with Crippen molar-refractivity contribution in [2.24, 2.45) is 5.92 Å². The normalized spacial score (nSPS) is 18.2. The summed E-state index contributed by atoms with van der Waals surface area (Å²) in [5.74, 6) is 0.834. The predicted molar refractivity (Wildman–Crippen MR) is 62.6 cm³/mol. The lowest BCUT2D eigenvalue weighted by Crippen LogP contribution is -2.25. The summed E-state index contributed by atoms with van der Waals surface area (Å²) in [7, 11) is 0. The van der Waals surface area contributed by atoms with Gasteiger partial charge in [-0.25, -0.2) is 0 Å². The second-order valence-electron chi connectivity index (χ2n) is 4.83. The molecule has 0 unspecified atom stereocenters. The van der Waals surface area contributed by atoms with Crippen LogP contribution in [-0.4, -0.2) is 37.6 Å². The fourth-order valence-electron chi connectivity index (χ4n) is 1.95. The Morgan fingerprint density at radius 2 is 1.86 bits per heavy atom. The maximum atomic E-state index is 3.51. The molecule has 1 N–H and O–H groups in total. The summed E-state index contributed by atoms with van der Waals surface area (Å²) in [5, 5.41) is 3.51. The highest BCUT2D eigenvalue weighted by atomic mass is 15.1. The second kappa shape index (κ2) is 7.24. The highest BCUT2D eigenvalue weighted by Crippen LogP contribution is 2.06. The van der Waals surface area contributed by atoms with E-state index < -0.39 is 0 Å². The summed E-state index contributed by atoms with van der Waals surface area (Å²) in [6, 6.07) is 0. The van der Waals surface area contributed by atoms with Gasteiger partial charge in [-0.2, -0.15) is 0 Å². The Bertz CT molecular complexity index is 128. The van der Waals surface area contributed by atoms with Gasteiger partial charge in [-0.3, -0.25) is 0 Å². The van der Waals surface area contributed by atoms with E-state index >= 15 is 0 Å². The molecule has 1 heterocycles. The van der Waals surface area contributed by atoms with Crippen molar-refractivity contribution in [3.63, 3.8) is 0 Å². The summed E-state index contributed by atoms with van der Waals surface area (Å²) < 4.78 is 0. The van der Waals surface area contributed by atoms with Crippen LogP contribution in [0.3, 0.4) is 0 Å². The van der Waals surface area contributed by atoms with E-state index in [9.17, 15) is 0 Å². The van der Waals surface area contributed by atoms with E-state index in [4.69, 9.17) is 0 Å². The van der Waals surface area contributed by atoms with Crippen LogP contribution in [0, 0.1) is 5.92 Å². The lowest BCUT2D eigenvalue weighted by Gasteiger charge is -2.14. The Balaban J connectivity index is 1.79. The molecule has 0 radical (unpaired) electrons. The molecular formula is C12H26N2. The van der Waals surface area contributed by atoms with Gasteiger partial charge in [0.1, 0.15) is 0 Å². The van der Waals surface area contributed by atoms with Crippen LogP contribution in [0.25, 0.3) is 0 Å². The zero-order valence-corrected chi connectivity index (χ0v) is 9.89. The number of hydrogen-bond donors (Lipinski definition) is 1. The highest BCUT2D eigenvalue weighted by Gasteiger charge is 2.09. The van der Waals surface area contributed by atoms with Crippen LogP contribution in [0.4, 0.5) is 0 Å². The number of nitrogens with one attached hydrogen (secondary N) is 1. The van der Waals surface area contributed by atoms with E-state index in [0.29, 0.717) is 0 Å². The molecule has 1 fully saturated rings. The van der Waals surface area contributed by atoms with Crippen molar-refractivity contribution in [1.29, 1.82) is 0 Å². The smallest absolute Gasteiger partial charge is 0.000664 e. The first-order valence-corrected chi connectivity index (χ1v) is 6.22. The van der Waals surface area contributed by atoms with Gasteiger partial charge in [0.15, 0.2) is 0 Å². The minimum atomic E-state index is 0.834. The van der Waals surface area contributed by atoms with Gasteiger partial charge in [-0.15, -0.1) is 0 Å². The Kier molecular flexibility index (Phi) is 6.20. The molecule has 0 saturated carbocycles. The fourth-order valence-corrected chi connectivity index (χ4v) is 1.95. The molecule has 2 nitrogen and oxygen atoms in total. The van der Waals surface area contributed by atoms with Crippen molar-refractivity contribution in [3.8, 4) is 0 Å². The lowest BCUT2D eigenvalue weighted by molar-refractivity contribution is 0.330. The van der Waals surface area contributed by atoms with E-state index in [-0.39, 0.29) is 0 Å². The molecule has 0 aromatic rings. The maximum Gasteiger partial charge on any atom is -0.000664 e. The molecule has 1 rings (SSSR count). The number of likely N-dealkylation sites (tertiary alicyclic amines) is 1. The average Bonchev–Trinajstić information content (AvgIpc) is 2.63. The zero-order chi connectivity index (χ0) is 10.2. The molecule has 0 bridgehead atoms. The maximum absolute atomic E-state index is 3.51. The quantitative estimate of drug-likeness (QED) is 0.630. The Labute approximate surface area is 89.1 Å². The largest absolute Gasteiger partial charge is 0.317 e. The average molecular weight is 198 g/mol. The molecule has 0 aromatic heterocycles. The van der Waals surface area contributed by atoms with Gasteiger partial charge in [-0.1, -0.05) is 13.8 Å². The van der Waals surface area contributed by atoms with Gasteiger partial charge in [0.2, 0.25) is 0 Å². The molecule has 1 aliphatic rings. The molecule has 0 spiro atoms. The monoisotopic (exact) mass is 198 g/mol. The van der Waals surface area contributed by atoms with E-state index in [1.807, 2.05) is 0 Å². The van der Waals surface area contributed by atoms with E-state index in [2.05, 4.69) is 24.1 Å². The molecule has 0 aromatic carbocycles. The van der Waals surface area contributed by atoms with Gasteiger partial charge < -0.3 is 10.2 Å². The second-order valence-corrected chi connectivity index (χ2v) is 4.83. The first-order chi connectivity index (χ1) is 6.79. The van der Waals surface area contributed by atoms with Crippen LogP contribution in [-0.2, 0) is 0 Å². The topological polar surface area (TPSA) is 15.3 Å². The summed E-state index contributed by atoms with van der Waals surface area (Å²) in [6.07, 6.45) is 5.46. The third kappa shape index (κ3) is 5.61. The lowest BCUT2D eigenvalue weighted by atomic mass is 10.1. The first kappa shape index (κ1) is 12.0. The molecule has 2 heteroatoms. The highest BCUT2D eigenvalue weighted by molar-refractivity contribution is 4.66. The van der Waals surface area contributed by atoms with Crippen molar-refractivity contribution in [1.82, 2.24) is 10.2 Å². The van der Waals surface area contributed by atoms with Crippen LogP contribution in [0.2, 0.25) is 0 Å².